The summed E-state index contributed by atoms with van der Waals surface area (Å²) >= 11 is 0. The van der Waals surface area contributed by atoms with Gasteiger partial charge in [0.2, 0.25) is 0 Å². The zero-order valence-corrected chi connectivity index (χ0v) is 19.9. The van der Waals surface area contributed by atoms with Crippen molar-refractivity contribution in [2.75, 3.05) is 26.4 Å². The molecule has 0 spiro atoms. The highest BCUT2D eigenvalue weighted by Gasteiger charge is 2.52. The van der Waals surface area contributed by atoms with Crippen LogP contribution in [0.2, 0.25) is 0 Å². The van der Waals surface area contributed by atoms with Gasteiger partial charge in [-0.1, -0.05) is 67.2 Å². The summed E-state index contributed by atoms with van der Waals surface area (Å²) in [5, 5.41) is 0. The lowest BCUT2D eigenvalue weighted by atomic mass is 9.81. The molecular formula is C24H46O5. The molecule has 2 aliphatic heterocycles. The van der Waals surface area contributed by atoms with Gasteiger partial charge in [0.15, 0.2) is 0 Å². The minimum Gasteiger partial charge on any atom is -0.327 e. The van der Waals surface area contributed by atoms with Crippen LogP contribution in [0.25, 0.3) is 0 Å². The first-order chi connectivity index (χ1) is 13.9. The molecule has 0 aromatic carbocycles. The summed E-state index contributed by atoms with van der Waals surface area (Å²) in [4.78, 5) is 0. The van der Waals surface area contributed by atoms with Crippen molar-refractivity contribution in [1.29, 1.82) is 0 Å². The highest BCUT2D eigenvalue weighted by atomic mass is 17.0. The monoisotopic (exact) mass is 414 g/mol. The minimum atomic E-state index is -1.09. The number of hydrogen-bond acceptors (Lipinski definition) is 5. The van der Waals surface area contributed by atoms with Crippen molar-refractivity contribution in [3.63, 3.8) is 0 Å². The molecule has 5 nitrogen and oxygen atoms in total. The van der Waals surface area contributed by atoms with Crippen LogP contribution in [0.3, 0.4) is 0 Å². The van der Waals surface area contributed by atoms with E-state index in [1.165, 1.54) is 25.7 Å². The quantitative estimate of drug-likeness (QED) is 0.370. The molecule has 0 aliphatic carbocycles. The van der Waals surface area contributed by atoms with Crippen molar-refractivity contribution >= 4 is 0 Å². The highest BCUT2D eigenvalue weighted by molar-refractivity contribution is 4.85. The van der Waals surface area contributed by atoms with Crippen molar-refractivity contribution in [3.8, 4) is 0 Å². The molecular weight excluding hydrogens is 368 g/mol. The molecule has 0 atom stereocenters. The summed E-state index contributed by atoms with van der Waals surface area (Å²) in [7, 11) is 0. The highest BCUT2D eigenvalue weighted by Crippen LogP contribution is 2.44. The van der Waals surface area contributed by atoms with Gasteiger partial charge in [-0.25, -0.2) is 0 Å². The second-order valence-electron chi connectivity index (χ2n) is 9.24. The van der Waals surface area contributed by atoms with Crippen molar-refractivity contribution in [2.45, 2.75) is 118 Å². The Morgan fingerprint density at radius 3 is 1.14 bits per heavy atom. The van der Waals surface area contributed by atoms with Crippen LogP contribution in [0.15, 0.2) is 0 Å². The third-order valence-corrected chi connectivity index (χ3v) is 7.19. The van der Waals surface area contributed by atoms with Gasteiger partial charge in [-0.15, -0.1) is 0 Å². The first kappa shape index (κ1) is 25.1. The van der Waals surface area contributed by atoms with Crippen LogP contribution in [0, 0.1) is 10.8 Å². The largest absolute Gasteiger partial charge is 0.327 e. The number of ether oxygens (including phenoxy) is 5. The zero-order valence-electron chi connectivity index (χ0n) is 19.9. The molecule has 0 aromatic rings. The van der Waals surface area contributed by atoms with Crippen LogP contribution in [0.1, 0.15) is 106 Å². The third-order valence-electron chi connectivity index (χ3n) is 7.19. The van der Waals surface area contributed by atoms with Gasteiger partial charge in [-0.05, 0) is 25.7 Å². The maximum absolute atomic E-state index is 6.40. The molecule has 0 saturated carbocycles. The summed E-state index contributed by atoms with van der Waals surface area (Å²) in [5.74, 6) is -2.17. The molecule has 2 heterocycles. The Labute approximate surface area is 179 Å². The van der Waals surface area contributed by atoms with Crippen molar-refractivity contribution in [1.82, 2.24) is 0 Å². The standard InChI is InChI=1S/C24H46O5/c1-7-13-15-21(9-3)17-25-23(11-5,26-18-21)29-24(12-6)27-19-22(10-4,20-28-24)16-14-8-2/h7-20H2,1-6H3. The van der Waals surface area contributed by atoms with E-state index < -0.39 is 11.9 Å². The Bertz CT molecular complexity index is 420. The fourth-order valence-electron chi connectivity index (χ4n) is 4.28. The zero-order chi connectivity index (χ0) is 21.4. The average Bonchev–Trinajstić information content (AvgIpc) is 2.78. The molecule has 2 saturated heterocycles. The molecule has 5 heteroatoms. The van der Waals surface area contributed by atoms with Gasteiger partial charge in [-0.3, -0.25) is 4.74 Å². The first-order valence-electron chi connectivity index (χ1n) is 12.2. The maximum Gasteiger partial charge on any atom is 0.286 e. The van der Waals surface area contributed by atoms with Crippen LogP contribution in [-0.4, -0.2) is 38.4 Å². The third kappa shape index (κ3) is 5.94. The second kappa shape index (κ2) is 10.9. The van der Waals surface area contributed by atoms with Crippen LogP contribution in [0.5, 0.6) is 0 Å². The molecule has 172 valence electrons. The van der Waals surface area contributed by atoms with Gasteiger partial charge in [0.05, 0.1) is 26.4 Å². The average molecular weight is 415 g/mol. The molecule has 2 rings (SSSR count). The SMILES string of the molecule is CCCCC1(CC)COC(CC)(OC2(CC)OCC(CC)(CCCC)CO2)OC1. The van der Waals surface area contributed by atoms with Crippen molar-refractivity contribution in [3.05, 3.63) is 0 Å². The first-order valence-corrected chi connectivity index (χ1v) is 12.2. The van der Waals surface area contributed by atoms with Crippen LogP contribution >= 0.6 is 0 Å². The smallest absolute Gasteiger partial charge is 0.286 e. The Morgan fingerprint density at radius 2 is 0.897 bits per heavy atom. The van der Waals surface area contributed by atoms with Gasteiger partial charge in [0, 0.05) is 23.7 Å². The van der Waals surface area contributed by atoms with E-state index >= 15 is 0 Å². The van der Waals surface area contributed by atoms with E-state index in [1.54, 1.807) is 0 Å². The molecule has 0 radical (unpaired) electrons. The Hall–Kier alpha value is -0.200. The maximum atomic E-state index is 6.40. The lowest BCUT2D eigenvalue weighted by molar-refractivity contribution is -0.534. The molecule has 0 bridgehead atoms. The topological polar surface area (TPSA) is 46.2 Å². The summed E-state index contributed by atoms with van der Waals surface area (Å²) in [6.45, 7) is 15.6. The van der Waals surface area contributed by atoms with E-state index in [2.05, 4.69) is 27.7 Å². The lowest BCUT2D eigenvalue weighted by Crippen LogP contribution is -2.59. The summed E-state index contributed by atoms with van der Waals surface area (Å²) in [5.41, 5.74) is 0.173. The lowest BCUT2D eigenvalue weighted by Gasteiger charge is -2.51. The summed E-state index contributed by atoms with van der Waals surface area (Å²) in [6.07, 6.45) is 10.3. The van der Waals surface area contributed by atoms with E-state index in [0.29, 0.717) is 39.3 Å². The van der Waals surface area contributed by atoms with Crippen LogP contribution in [0.4, 0.5) is 0 Å². The summed E-state index contributed by atoms with van der Waals surface area (Å²) < 4.78 is 31.5. The second-order valence-corrected chi connectivity index (χ2v) is 9.24. The van der Waals surface area contributed by atoms with Crippen molar-refractivity contribution in [2.24, 2.45) is 10.8 Å². The number of unbranched alkanes of at least 4 members (excludes halogenated alkanes) is 2. The van der Waals surface area contributed by atoms with E-state index in [0.717, 1.165) is 25.7 Å². The Kier molecular flexibility index (Phi) is 9.42. The van der Waals surface area contributed by atoms with E-state index in [9.17, 15) is 0 Å². The molecule has 2 fully saturated rings. The minimum absolute atomic E-state index is 0.0865. The number of hydrogen-bond donors (Lipinski definition) is 0. The van der Waals surface area contributed by atoms with Gasteiger partial charge in [0.1, 0.15) is 0 Å². The van der Waals surface area contributed by atoms with Crippen LogP contribution < -0.4 is 0 Å². The molecule has 29 heavy (non-hydrogen) atoms. The predicted molar refractivity (Wildman–Crippen MR) is 115 cm³/mol. The fourth-order valence-corrected chi connectivity index (χ4v) is 4.28. The fraction of sp³-hybridized carbons (Fsp3) is 1.00. The Balaban J connectivity index is 2.04. The van der Waals surface area contributed by atoms with E-state index in [-0.39, 0.29) is 10.8 Å². The normalized spacial score (nSPS) is 38.3. The van der Waals surface area contributed by atoms with Gasteiger partial charge >= 0.3 is 0 Å². The van der Waals surface area contributed by atoms with Crippen LogP contribution in [-0.2, 0) is 23.7 Å². The summed E-state index contributed by atoms with van der Waals surface area (Å²) in [6, 6.07) is 0. The predicted octanol–water partition coefficient (Wildman–Crippen LogP) is 6.40. The Morgan fingerprint density at radius 1 is 0.552 bits per heavy atom. The molecule has 0 amide bonds. The molecule has 0 N–H and O–H groups in total. The van der Waals surface area contributed by atoms with Gasteiger partial charge in [0.25, 0.3) is 11.9 Å². The van der Waals surface area contributed by atoms with Gasteiger partial charge in [-0.2, -0.15) is 0 Å². The number of rotatable bonds is 12. The molecule has 0 aromatic heterocycles. The van der Waals surface area contributed by atoms with Gasteiger partial charge < -0.3 is 18.9 Å². The van der Waals surface area contributed by atoms with E-state index in [4.69, 9.17) is 23.7 Å². The van der Waals surface area contributed by atoms with Crippen molar-refractivity contribution < 1.29 is 23.7 Å². The molecule has 2 aliphatic rings. The molecule has 0 unspecified atom stereocenters. The van der Waals surface area contributed by atoms with E-state index in [1.807, 2.05) is 13.8 Å².